The van der Waals surface area contributed by atoms with Crippen LogP contribution in [0.5, 0.6) is 0 Å². The maximum absolute atomic E-state index is 12.7. The lowest BCUT2D eigenvalue weighted by atomic mass is 10.1. The molecule has 134 valence electrons. The topological polar surface area (TPSA) is 79.2 Å². The predicted molar refractivity (Wildman–Crippen MR) is 86.1 cm³/mol. The van der Waals surface area contributed by atoms with Gasteiger partial charge in [-0.25, -0.2) is 4.79 Å². The van der Waals surface area contributed by atoms with Crippen LogP contribution in [0.3, 0.4) is 0 Å². The highest BCUT2D eigenvalue weighted by Crippen LogP contribution is 2.30. The van der Waals surface area contributed by atoms with Crippen LogP contribution in [0.25, 0.3) is 0 Å². The van der Waals surface area contributed by atoms with Crippen LogP contribution in [-0.4, -0.2) is 18.0 Å². The highest BCUT2D eigenvalue weighted by molar-refractivity contribution is 5.97. The SMILES string of the molecule is C[C@H](OC(=O)c1cccc(C#N)c1)C(=O)Nc1cccc(C(F)(F)F)c1. The van der Waals surface area contributed by atoms with Crippen LogP contribution in [0.2, 0.25) is 0 Å². The number of hydrogen-bond donors (Lipinski definition) is 1. The third kappa shape index (κ3) is 4.83. The fourth-order valence-electron chi connectivity index (χ4n) is 2.01. The third-order valence-corrected chi connectivity index (χ3v) is 3.34. The summed E-state index contributed by atoms with van der Waals surface area (Å²) in [5, 5.41) is 11.1. The average molecular weight is 362 g/mol. The van der Waals surface area contributed by atoms with E-state index >= 15 is 0 Å². The second-order valence-electron chi connectivity index (χ2n) is 5.31. The van der Waals surface area contributed by atoms with Crippen molar-refractivity contribution in [3.63, 3.8) is 0 Å². The Morgan fingerprint density at radius 1 is 1.15 bits per heavy atom. The molecule has 0 fully saturated rings. The number of anilines is 1. The molecule has 0 unspecified atom stereocenters. The van der Waals surface area contributed by atoms with Gasteiger partial charge in [0.2, 0.25) is 0 Å². The van der Waals surface area contributed by atoms with E-state index in [9.17, 15) is 22.8 Å². The molecule has 0 aliphatic heterocycles. The number of hydrogen-bond acceptors (Lipinski definition) is 4. The summed E-state index contributed by atoms with van der Waals surface area (Å²) in [5.41, 5.74) is -0.643. The van der Waals surface area contributed by atoms with Gasteiger partial charge in [-0.2, -0.15) is 18.4 Å². The van der Waals surface area contributed by atoms with E-state index in [-0.39, 0.29) is 16.8 Å². The Morgan fingerprint density at radius 3 is 2.50 bits per heavy atom. The number of alkyl halides is 3. The number of halogens is 3. The number of benzene rings is 2. The highest BCUT2D eigenvalue weighted by Gasteiger charge is 2.30. The van der Waals surface area contributed by atoms with Gasteiger partial charge in [0.05, 0.1) is 22.8 Å². The first-order chi connectivity index (χ1) is 12.2. The Hall–Kier alpha value is -3.34. The second-order valence-corrected chi connectivity index (χ2v) is 5.31. The lowest BCUT2D eigenvalue weighted by Gasteiger charge is -2.14. The minimum absolute atomic E-state index is 0.0702. The van der Waals surface area contributed by atoms with Gasteiger partial charge in [0, 0.05) is 5.69 Å². The Morgan fingerprint density at radius 2 is 1.85 bits per heavy atom. The van der Waals surface area contributed by atoms with E-state index in [1.807, 2.05) is 6.07 Å². The number of nitrogens with one attached hydrogen (secondary N) is 1. The van der Waals surface area contributed by atoms with Gasteiger partial charge in [-0.05, 0) is 43.3 Å². The van der Waals surface area contributed by atoms with Crippen molar-refractivity contribution in [3.8, 4) is 6.07 Å². The quantitative estimate of drug-likeness (QED) is 0.840. The molecule has 0 saturated carbocycles. The Balaban J connectivity index is 2.04. The number of nitrogens with zero attached hydrogens (tertiary/aromatic N) is 1. The first kappa shape index (κ1) is 19.0. The molecule has 2 aromatic rings. The molecule has 0 heterocycles. The minimum atomic E-state index is -4.54. The summed E-state index contributed by atoms with van der Waals surface area (Å²) in [7, 11) is 0. The van der Waals surface area contributed by atoms with Gasteiger partial charge in [0.1, 0.15) is 0 Å². The van der Waals surface area contributed by atoms with Crippen molar-refractivity contribution in [2.24, 2.45) is 0 Å². The maximum atomic E-state index is 12.7. The van der Waals surface area contributed by atoms with Gasteiger partial charge in [-0.15, -0.1) is 0 Å². The number of amides is 1. The molecule has 0 spiro atoms. The highest BCUT2D eigenvalue weighted by atomic mass is 19.4. The van der Waals surface area contributed by atoms with E-state index in [1.54, 1.807) is 0 Å². The van der Waals surface area contributed by atoms with Crippen molar-refractivity contribution in [2.75, 3.05) is 5.32 Å². The molecule has 8 heteroatoms. The summed E-state index contributed by atoms with van der Waals surface area (Å²) < 4.78 is 43.0. The fourth-order valence-corrected chi connectivity index (χ4v) is 2.01. The van der Waals surface area contributed by atoms with Gasteiger partial charge in [-0.1, -0.05) is 12.1 Å². The molecule has 2 aromatic carbocycles. The Bertz CT molecular complexity index is 872. The summed E-state index contributed by atoms with van der Waals surface area (Å²) >= 11 is 0. The van der Waals surface area contributed by atoms with Gasteiger partial charge in [0.25, 0.3) is 5.91 Å². The predicted octanol–water partition coefficient (Wildman–Crippen LogP) is 3.76. The number of carbonyl (C=O) groups is 2. The molecule has 1 amide bonds. The molecule has 0 aliphatic rings. The summed E-state index contributed by atoms with van der Waals surface area (Å²) in [6, 6.07) is 11.7. The van der Waals surface area contributed by atoms with E-state index in [1.165, 1.54) is 37.3 Å². The fraction of sp³-hybridized carbons (Fsp3) is 0.167. The van der Waals surface area contributed by atoms with Crippen molar-refractivity contribution in [1.29, 1.82) is 5.26 Å². The number of nitriles is 1. The van der Waals surface area contributed by atoms with Crippen LogP contribution >= 0.6 is 0 Å². The first-order valence-corrected chi connectivity index (χ1v) is 7.40. The summed E-state index contributed by atoms with van der Waals surface area (Å²) in [6.45, 7) is 1.29. The van der Waals surface area contributed by atoms with Crippen LogP contribution in [0.1, 0.15) is 28.4 Å². The zero-order valence-corrected chi connectivity index (χ0v) is 13.5. The Kier molecular flexibility index (Phi) is 5.62. The molecule has 0 aliphatic carbocycles. The maximum Gasteiger partial charge on any atom is 0.416 e. The van der Waals surface area contributed by atoms with Gasteiger partial charge >= 0.3 is 12.1 Å². The monoisotopic (exact) mass is 362 g/mol. The summed E-state index contributed by atoms with van der Waals surface area (Å²) in [4.78, 5) is 24.0. The van der Waals surface area contributed by atoms with Crippen molar-refractivity contribution >= 4 is 17.6 Å². The lowest BCUT2D eigenvalue weighted by Crippen LogP contribution is -2.30. The van der Waals surface area contributed by atoms with Crippen molar-refractivity contribution in [1.82, 2.24) is 0 Å². The van der Waals surface area contributed by atoms with Gasteiger partial charge < -0.3 is 10.1 Å². The van der Waals surface area contributed by atoms with Crippen LogP contribution in [0.15, 0.2) is 48.5 Å². The second kappa shape index (κ2) is 7.70. The van der Waals surface area contributed by atoms with E-state index in [4.69, 9.17) is 10.00 Å². The number of carbonyl (C=O) groups excluding carboxylic acids is 2. The molecule has 1 N–H and O–H groups in total. The zero-order valence-electron chi connectivity index (χ0n) is 13.5. The molecule has 26 heavy (non-hydrogen) atoms. The number of ether oxygens (including phenoxy) is 1. The third-order valence-electron chi connectivity index (χ3n) is 3.34. The van der Waals surface area contributed by atoms with E-state index in [0.29, 0.717) is 0 Å². The molecule has 5 nitrogen and oxygen atoms in total. The van der Waals surface area contributed by atoms with Crippen LogP contribution < -0.4 is 5.32 Å². The summed E-state index contributed by atoms with van der Waals surface area (Å²) in [6.07, 6.45) is -5.78. The largest absolute Gasteiger partial charge is 0.449 e. The van der Waals surface area contributed by atoms with Crippen LogP contribution in [0, 0.1) is 11.3 Å². The van der Waals surface area contributed by atoms with E-state index in [0.717, 1.165) is 18.2 Å². The van der Waals surface area contributed by atoms with Crippen LogP contribution in [0.4, 0.5) is 18.9 Å². The van der Waals surface area contributed by atoms with E-state index < -0.39 is 29.7 Å². The zero-order chi connectivity index (χ0) is 19.3. The number of rotatable bonds is 4. The van der Waals surface area contributed by atoms with Crippen molar-refractivity contribution in [3.05, 3.63) is 65.2 Å². The Labute approximate surface area is 147 Å². The molecule has 0 saturated heterocycles. The van der Waals surface area contributed by atoms with Crippen molar-refractivity contribution in [2.45, 2.75) is 19.2 Å². The first-order valence-electron chi connectivity index (χ1n) is 7.40. The summed E-state index contributed by atoms with van der Waals surface area (Å²) in [5.74, 6) is -1.61. The lowest BCUT2D eigenvalue weighted by molar-refractivity contribution is -0.137. The molecule has 0 bridgehead atoms. The molecular weight excluding hydrogens is 349 g/mol. The van der Waals surface area contributed by atoms with E-state index in [2.05, 4.69) is 5.32 Å². The smallest absolute Gasteiger partial charge is 0.416 e. The molecule has 1 atom stereocenters. The minimum Gasteiger partial charge on any atom is -0.449 e. The standard InChI is InChI=1S/C18H13F3N2O3/c1-11(26-17(25)13-5-2-4-12(8-13)10-22)16(24)23-15-7-3-6-14(9-15)18(19,20)21/h2-9,11H,1H3,(H,23,24)/t11-/m0/s1. The molecule has 0 aromatic heterocycles. The molecule has 0 radical (unpaired) electrons. The normalized spacial score (nSPS) is 12.0. The average Bonchev–Trinajstić information content (AvgIpc) is 2.61. The molecule has 2 rings (SSSR count). The van der Waals surface area contributed by atoms with Crippen LogP contribution in [-0.2, 0) is 15.7 Å². The van der Waals surface area contributed by atoms with Crippen molar-refractivity contribution < 1.29 is 27.5 Å². The molecular formula is C18H13F3N2O3. The number of esters is 1. The van der Waals surface area contributed by atoms with Gasteiger partial charge in [0.15, 0.2) is 6.10 Å². The van der Waals surface area contributed by atoms with Gasteiger partial charge in [-0.3, -0.25) is 4.79 Å².